The fourth-order valence-corrected chi connectivity index (χ4v) is 2.02. The summed E-state index contributed by atoms with van der Waals surface area (Å²) in [5, 5.41) is 0. The average molecular weight is 308 g/mol. The number of nitrogens with two attached hydrogens (primary N) is 1. The summed E-state index contributed by atoms with van der Waals surface area (Å²) in [7, 11) is 1.75. The Hall–Kier alpha value is -1.62. The van der Waals surface area contributed by atoms with Crippen molar-refractivity contribution in [2.75, 3.05) is 20.2 Å². The van der Waals surface area contributed by atoms with Gasteiger partial charge >= 0.3 is 0 Å². The van der Waals surface area contributed by atoms with E-state index in [2.05, 4.69) is 19.9 Å². The number of thiocarbonyl (C=S) groups is 1. The Labute approximate surface area is 132 Å². The van der Waals surface area contributed by atoms with Gasteiger partial charge in [0.25, 0.3) is 0 Å². The van der Waals surface area contributed by atoms with Gasteiger partial charge < -0.3 is 15.4 Å². The third-order valence-corrected chi connectivity index (χ3v) is 3.44. The van der Waals surface area contributed by atoms with Gasteiger partial charge in [0.1, 0.15) is 5.75 Å². The molecule has 0 fully saturated rings. The maximum atomic E-state index is 11.9. The van der Waals surface area contributed by atoms with Crippen molar-refractivity contribution in [3.8, 4) is 5.75 Å². The van der Waals surface area contributed by atoms with Crippen LogP contribution in [-0.4, -0.2) is 36.0 Å². The van der Waals surface area contributed by atoms with Crippen LogP contribution in [0.15, 0.2) is 24.3 Å². The van der Waals surface area contributed by atoms with E-state index in [1.54, 1.807) is 11.9 Å². The van der Waals surface area contributed by atoms with Gasteiger partial charge in [-0.05, 0) is 17.5 Å². The molecule has 1 rings (SSSR count). The minimum absolute atomic E-state index is 0.0354. The Morgan fingerprint density at radius 3 is 2.62 bits per heavy atom. The van der Waals surface area contributed by atoms with Gasteiger partial charge in [-0.3, -0.25) is 4.79 Å². The molecule has 0 bridgehead atoms. The second-order valence-corrected chi connectivity index (χ2v) is 5.85. The van der Waals surface area contributed by atoms with Gasteiger partial charge in [-0.25, -0.2) is 0 Å². The lowest BCUT2D eigenvalue weighted by Gasteiger charge is -2.18. The molecule has 0 aliphatic rings. The monoisotopic (exact) mass is 308 g/mol. The first-order chi connectivity index (χ1) is 9.91. The summed E-state index contributed by atoms with van der Waals surface area (Å²) in [5.74, 6) is 1.28. The normalized spacial score (nSPS) is 10.5. The van der Waals surface area contributed by atoms with Crippen LogP contribution in [0.3, 0.4) is 0 Å². The molecule has 0 saturated heterocycles. The number of hydrogen-bond acceptors (Lipinski definition) is 3. The number of para-hydroxylation sites is 1. The molecule has 1 aromatic rings. The van der Waals surface area contributed by atoms with E-state index < -0.39 is 0 Å². The molecule has 4 nitrogen and oxygen atoms in total. The molecule has 0 heterocycles. The molecule has 2 N–H and O–H groups in total. The first kappa shape index (κ1) is 17.4. The van der Waals surface area contributed by atoms with Crippen molar-refractivity contribution in [3.05, 3.63) is 29.8 Å². The number of hydrogen-bond donors (Lipinski definition) is 1. The number of carbonyl (C=O) groups is 1. The van der Waals surface area contributed by atoms with Crippen molar-refractivity contribution in [2.45, 2.75) is 32.6 Å². The predicted molar refractivity (Wildman–Crippen MR) is 89.7 cm³/mol. The first-order valence-electron chi connectivity index (χ1n) is 7.15. The molecule has 1 amide bonds. The first-order valence-corrected chi connectivity index (χ1v) is 7.56. The molecule has 0 aliphatic carbocycles. The molecule has 21 heavy (non-hydrogen) atoms. The third kappa shape index (κ3) is 6.12. The number of benzene rings is 1. The minimum atomic E-state index is 0.0354. The molecule has 0 unspecified atom stereocenters. The smallest absolute Gasteiger partial charge is 0.225 e. The van der Waals surface area contributed by atoms with Crippen LogP contribution in [0.25, 0.3) is 0 Å². The number of ether oxygens (including phenoxy) is 1. The summed E-state index contributed by atoms with van der Waals surface area (Å²) in [5.41, 5.74) is 6.59. The van der Waals surface area contributed by atoms with Crippen LogP contribution in [0.5, 0.6) is 5.75 Å². The minimum Gasteiger partial charge on any atom is -0.493 e. The molecular weight excluding hydrogens is 284 g/mol. The Morgan fingerprint density at radius 2 is 2.00 bits per heavy atom. The van der Waals surface area contributed by atoms with E-state index >= 15 is 0 Å². The van der Waals surface area contributed by atoms with E-state index in [1.165, 1.54) is 0 Å². The summed E-state index contributed by atoms with van der Waals surface area (Å²) in [6, 6.07) is 7.93. The average Bonchev–Trinajstić information content (AvgIpc) is 2.44. The molecule has 0 atom stereocenters. The highest BCUT2D eigenvalue weighted by atomic mass is 32.1. The second kappa shape index (κ2) is 8.62. The molecule has 0 saturated carbocycles. The fourth-order valence-electron chi connectivity index (χ4n) is 1.93. The van der Waals surface area contributed by atoms with Crippen molar-refractivity contribution in [1.82, 2.24) is 4.90 Å². The Morgan fingerprint density at radius 1 is 1.33 bits per heavy atom. The van der Waals surface area contributed by atoms with Crippen molar-refractivity contribution in [1.29, 1.82) is 0 Å². The van der Waals surface area contributed by atoms with Gasteiger partial charge in [0.2, 0.25) is 5.91 Å². The molecule has 1 aromatic carbocycles. The van der Waals surface area contributed by atoms with E-state index in [0.29, 0.717) is 36.9 Å². The summed E-state index contributed by atoms with van der Waals surface area (Å²) in [6.07, 6.45) is 0.898. The SMILES string of the molecule is CC(C)c1ccccc1OCCC(=O)N(C)CCC(N)=S. The number of nitrogens with zero attached hydrogens (tertiary/aromatic N) is 1. The van der Waals surface area contributed by atoms with Crippen LogP contribution in [0, 0.1) is 0 Å². The van der Waals surface area contributed by atoms with Gasteiger partial charge in [-0.15, -0.1) is 0 Å². The van der Waals surface area contributed by atoms with E-state index in [0.717, 1.165) is 11.3 Å². The number of amides is 1. The highest BCUT2D eigenvalue weighted by molar-refractivity contribution is 7.80. The molecule has 0 aromatic heterocycles. The molecule has 0 aliphatic heterocycles. The standard InChI is InChI=1S/C16H24N2O2S/c1-12(2)13-6-4-5-7-14(13)20-11-9-16(19)18(3)10-8-15(17)21/h4-7,12H,8-11H2,1-3H3,(H2,17,21). The summed E-state index contributed by atoms with van der Waals surface area (Å²) in [6.45, 7) is 5.17. The lowest BCUT2D eigenvalue weighted by molar-refractivity contribution is -0.130. The predicted octanol–water partition coefficient (Wildman–Crippen LogP) is 2.71. The third-order valence-electron chi connectivity index (χ3n) is 3.23. The molecule has 0 radical (unpaired) electrons. The quantitative estimate of drug-likeness (QED) is 0.750. The Balaban J connectivity index is 2.43. The van der Waals surface area contributed by atoms with Gasteiger partial charge in [0, 0.05) is 20.0 Å². The molecule has 116 valence electrons. The van der Waals surface area contributed by atoms with Crippen molar-refractivity contribution in [3.63, 3.8) is 0 Å². The van der Waals surface area contributed by atoms with Crippen LogP contribution in [0.2, 0.25) is 0 Å². The Kier molecular flexibility index (Phi) is 7.15. The maximum absolute atomic E-state index is 11.9. The van der Waals surface area contributed by atoms with Gasteiger partial charge in [0.15, 0.2) is 0 Å². The zero-order valence-corrected chi connectivity index (χ0v) is 13.8. The second-order valence-electron chi connectivity index (χ2n) is 5.32. The van der Waals surface area contributed by atoms with Gasteiger partial charge in [-0.1, -0.05) is 44.3 Å². The van der Waals surface area contributed by atoms with Crippen LogP contribution < -0.4 is 10.5 Å². The zero-order chi connectivity index (χ0) is 15.8. The lowest BCUT2D eigenvalue weighted by Crippen LogP contribution is -2.31. The van der Waals surface area contributed by atoms with Crippen LogP contribution in [0.4, 0.5) is 0 Å². The highest BCUT2D eigenvalue weighted by Gasteiger charge is 2.11. The van der Waals surface area contributed by atoms with Gasteiger partial charge in [-0.2, -0.15) is 0 Å². The topological polar surface area (TPSA) is 55.6 Å². The van der Waals surface area contributed by atoms with Gasteiger partial charge in [0.05, 0.1) is 18.0 Å². The van der Waals surface area contributed by atoms with Crippen molar-refractivity contribution >= 4 is 23.1 Å². The molecular formula is C16H24N2O2S. The lowest BCUT2D eigenvalue weighted by atomic mass is 10.0. The molecule has 5 heteroatoms. The van der Waals surface area contributed by atoms with Crippen LogP contribution >= 0.6 is 12.2 Å². The summed E-state index contributed by atoms with van der Waals surface area (Å²) in [4.78, 5) is 14.0. The Bertz CT molecular complexity index is 489. The largest absolute Gasteiger partial charge is 0.493 e. The number of carbonyl (C=O) groups excluding carboxylic acids is 1. The van der Waals surface area contributed by atoms with Crippen molar-refractivity contribution in [2.24, 2.45) is 5.73 Å². The van der Waals surface area contributed by atoms with Crippen LogP contribution in [-0.2, 0) is 4.79 Å². The summed E-state index contributed by atoms with van der Waals surface area (Å²) >= 11 is 4.81. The summed E-state index contributed by atoms with van der Waals surface area (Å²) < 4.78 is 5.75. The van der Waals surface area contributed by atoms with Crippen molar-refractivity contribution < 1.29 is 9.53 Å². The fraction of sp³-hybridized carbons (Fsp3) is 0.500. The van der Waals surface area contributed by atoms with E-state index in [9.17, 15) is 4.79 Å². The van der Waals surface area contributed by atoms with E-state index in [-0.39, 0.29) is 5.91 Å². The van der Waals surface area contributed by atoms with Crippen LogP contribution in [0.1, 0.15) is 38.2 Å². The zero-order valence-electron chi connectivity index (χ0n) is 13.0. The highest BCUT2D eigenvalue weighted by Crippen LogP contribution is 2.25. The molecule has 0 spiro atoms. The maximum Gasteiger partial charge on any atom is 0.225 e. The van der Waals surface area contributed by atoms with E-state index in [4.69, 9.17) is 22.7 Å². The van der Waals surface area contributed by atoms with E-state index in [1.807, 2.05) is 18.2 Å². The number of rotatable bonds is 8.